The molecule has 1 aliphatic rings. The van der Waals surface area contributed by atoms with Gasteiger partial charge in [0.05, 0.1) is 33.1 Å². The van der Waals surface area contributed by atoms with Gasteiger partial charge in [0.2, 0.25) is 0 Å². The molecule has 0 amide bonds. The fourth-order valence-electron chi connectivity index (χ4n) is 3.66. The van der Waals surface area contributed by atoms with Crippen LogP contribution in [0.4, 0.5) is 0 Å². The molecule has 1 fully saturated rings. The second-order valence-corrected chi connectivity index (χ2v) is 7.14. The van der Waals surface area contributed by atoms with Crippen molar-refractivity contribution < 1.29 is 9.47 Å². The minimum atomic E-state index is 0.399. The molecule has 2 aromatic rings. The molecule has 152 valence electrons. The van der Waals surface area contributed by atoms with Crippen molar-refractivity contribution in [3.05, 3.63) is 42.5 Å². The highest BCUT2D eigenvalue weighted by molar-refractivity contribution is 5.80. The molecule has 7 heteroatoms. The van der Waals surface area contributed by atoms with Crippen LogP contribution in [0.25, 0.3) is 0 Å². The molecule has 0 aliphatic carbocycles. The maximum Gasteiger partial charge on any atom is 0.194 e. The van der Waals surface area contributed by atoms with Crippen LogP contribution in [0.3, 0.4) is 0 Å². The highest BCUT2D eigenvalue weighted by atomic mass is 16.5. The molecule has 0 bridgehead atoms. The third-order valence-corrected chi connectivity index (χ3v) is 5.35. The number of aromatic nitrogens is 2. The van der Waals surface area contributed by atoms with E-state index < -0.39 is 0 Å². The Kier molecular flexibility index (Phi) is 6.79. The maximum atomic E-state index is 5.51. The number of rotatable bonds is 6. The van der Waals surface area contributed by atoms with E-state index in [1.165, 1.54) is 0 Å². The van der Waals surface area contributed by atoms with Crippen molar-refractivity contribution in [2.45, 2.75) is 32.9 Å². The molecule has 7 nitrogen and oxygen atoms in total. The highest BCUT2D eigenvalue weighted by Gasteiger charge is 2.28. The number of aliphatic imine (C=N–C) groups is 1. The van der Waals surface area contributed by atoms with Crippen molar-refractivity contribution >= 4 is 5.96 Å². The summed E-state index contributed by atoms with van der Waals surface area (Å²) >= 11 is 0. The molecule has 1 N–H and O–H groups in total. The number of piperidine rings is 1. The number of nitrogens with one attached hydrogen (secondary N) is 1. The Morgan fingerprint density at radius 3 is 2.86 bits per heavy atom. The van der Waals surface area contributed by atoms with Crippen LogP contribution in [0, 0.1) is 5.92 Å². The van der Waals surface area contributed by atoms with Crippen LogP contribution in [0.5, 0.6) is 11.5 Å². The van der Waals surface area contributed by atoms with Crippen molar-refractivity contribution in [3.63, 3.8) is 0 Å². The number of hydrogen-bond acceptors (Lipinski definition) is 4. The van der Waals surface area contributed by atoms with E-state index in [4.69, 9.17) is 14.5 Å². The van der Waals surface area contributed by atoms with Gasteiger partial charge in [-0.3, -0.25) is 0 Å². The van der Waals surface area contributed by atoms with Gasteiger partial charge in [-0.2, -0.15) is 0 Å². The van der Waals surface area contributed by atoms with Gasteiger partial charge >= 0.3 is 0 Å². The third kappa shape index (κ3) is 4.58. The molecule has 28 heavy (non-hydrogen) atoms. The summed E-state index contributed by atoms with van der Waals surface area (Å²) in [6.07, 6.45) is 6.94. The predicted molar refractivity (Wildman–Crippen MR) is 111 cm³/mol. The molecule has 0 spiro atoms. The van der Waals surface area contributed by atoms with Crippen molar-refractivity contribution in [2.24, 2.45) is 10.9 Å². The average Bonchev–Trinajstić information content (AvgIpc) is 3.26. The van der Waals surface area contributed by atoms with Crippen molar-refractivity contribution in [3.8, 4) is 11.5 Å². The molecular weight excluding hydrogens is 354 g/mol. The van der Waals surface area contributed by atoms with E-state index in [1.807, 2.05) is 30.7 Å². The van der Waals surface area contributed by atoms with E-state index in [0.717, 1.165) is 49.1 Å². The zero-order valence-corrected chi connectivity index (χ0v) is 17.3. The Balaban J connectivity index is 1.77. The van der Waals surface area contributed by atoms with E-state index >= 15 is 0 Å². The summed E-state index contributed by atoms with van der Waals surface area (Å²) in [7, 11) is 3.33. The first-order valence-electron chi connectivity index (χ1n) is 9.87. The van der Waals surface area contributed by atoms with E-state index in [1.54, 1.807) is 14.2 Å². The van der Waals surface area contributed by atoms with Crippen LogP contribution in [0.1, 0.15) is 31.9 Å². The van der Waals surface area contributed by atoms with E-state index in [-0.39, 0.29) is 0 Å². The van der Waals surface area contributed by atoms with Gasteiger partial charge in [0.25, 0.3) is 0 Å². The number of hydrogen-bond donors (Lipinski definition) is 1. The zero-order valence-electron chi connectivity index (χ0n) is 17.3. The lowest BCUT2D eigenvalue weighted by atomic mass is 9.93. The quantitative estimate of drug-likeness (QED) is 0.612. The van der Waals surface area contributed by atoms with Gasteiger partial charge in [0.1, 0.15) is 11.5 Å². The van der Waals surface area contributed by atoms with E-state index in [0.29, 0.717) is 18.5 Å². The zero-order chi connectivity index (χ0) is 19.9. The molecule has 2 unspecified atom stereocenters. The van der Waals surface area contributed by atoms with Gasteiger partial charge in [0.15, 0.2) is 5.96 Å². The van der Waals surface area contributed by atoms with Crippen LogP contribution in [0.2, 0.25) is 0 Å². The Morgan fingerprint density at radius 1 is 1.32 bits per heavy atom. The lowest BCUT2D eigenvalue weighted by Gasteiger charge is -2.39. The van der Waals surface area contributed by atoms with Crippen LogP contribution in [0.15, 0.2) is 41.9 Å². The van der Waals surface area contributed by atoms with Gasteiger partial charge in [-0.1, -0.05) is 6.92 Å². The summed E-state index contributed by atoms with van der Waals surface area (Å²) in [5.74, 6) is 3.12. The second kappa shape index (κ2) is 9.48. The van der Waals surface area contributed by atoms with Gasteiger partial charge in [-0.25, -0.2) is 9.98 Å². The number of methoxy groups -OCH3 is 2. The molecule has 0 radical (unpaired) electrons. The molecule has 1 saturated heterocycles. The summed E-state index contributed by atoms with van der Waals surface area (Å²) in [6.45, 7) is 7.72. The minimum Gasteiger partial charge on any atom is -0.497 e. The number of imidazole rings is 1. The van der Waals surface area contributed by atoms with Gasteiger partial charge in [0, 0.05) is 43.7 Å². The van der Waals surface area contributed by atoms with Gasteiger partial charge in [-0.05, 0) is 31.4 Å². The predicted octanol–water partition coefficient (Wildman–Crippen LogP) is 2.95. The number of likely N-dealkylation sites (tertiary alicyclic amines) is 1. The summed E-state index contributed by atoms with van der Waals surface area (Å²) in [4.78, 5) is 11.5. The molecular formula is C21H31N5O2. The molecule has 1 aromatic heterocycles. The van der Waals surface area contributed by atoms with E-state index in [2.05, 4.69) is 39.8 Å². The number of benzene rings is 1. The first-order chi connectivity index (χ1) is 13.7. The molecule has 0 saturated carbocycles. The van der Waals surface area contributed by atoms with E-state index in [9.17, 15) is 0 Å². The minimum absolute atomic E-state index is 0.399. The van der Waals surface area contributed by atoms with Crippen LogP contribution >= 0.6 is 0 Å². The normalized spacial score (nSPS) is 20.1. The largest absolute Gasteiger partial charge is 0.497 e. The Labute approximate surface area is 167 Å². The molecule has 2 heterocycles. The monoisotopic (exact) mass is 385 g/mol. The van der Waals surface area contributed by atoms with Gasteiger partial charge in [-0.15, -0.1) is 0 Å². The summed E-state index contributed by atoms with van der Waals surface area (Å²) in [6, 6.07) is 6.25. The Hall–Kier alpha value is -2.70. The fourth-order valence-corrected chi connectivity index (χ4v) is 3.66. The first kappa shape index (κ1) is 20.0. The average molecular weight is 386 g/mol. The van der Waals surface area contributed by atoms with Crippen LogP contribution < -0.4 is 14.8 Å². The number of guanidine groups is 1. The maximum absolute atomic E-state index is 5.51. The topological polar surface area (TPSA) is 63.9 Å². The lowest BCUT2D eigenvalue weighted by molar-refractivity contribution is 0.189. The summed E-state index contributed by atoms with van der Waals surface area (Å²) in [5, 5.41) is 3.45. The Morgan fingerprint density at radius 2 is 2.18 bits per heavy atom. The van der Waals surface area contributed by atoms with Crippen molar-refractivity contribution in [1.82, 2.24) is 19.8 Å². The SMILES string of the molecule is CCNC(=NCc1ccc(OC)cc1OC)N1CCC(C)C(n2ccnc2)C1. The van der Waals surface area contributed by atoms with Crippen molar-refractivity contribution in [1.29, 1.82) is 0 Å². The summed E-state index contributed by atoms with van der Waals surface area (Å²) < 4.78 is 13.0. The standard InChI is InChI=1S/C21H31N5O2/c1-5-23-21(24-13-17-6-7-18(27-3)12-20(17)28-4)25-10-8-16(2)19(14-25)26-11-9-22-15-26/h6-7,9,11-12,15-16,19H,5,8,10,13-14H2,1-4H3,(H,23,24). The fraction of sp³-hybridized carbons (Fsp3) is 0.524. The smallest absolute Gasteiger partial charge is 0.194 e. The summed E-state index contributed by atoms with van der Waals surface area (Å²) in [5.41, 5.74) is 1.04. The number of nitrogens with zero attached hydrogens (tertiary/aromatic N) is 4. The van der Waals surface area contributed by atoms with Crippen LogP contribution in [-0.4, -0.2) is 54.3 Å². The lowest BCUT2D eigenvalue weighted by Crippen LogP contribution is -2.49. The van der Waals surface area contributed by atoms with Crippen LogP contribution in [-0.2, 0) is 6.54 Å². The van der Waals surface area contributed by atoms with Gasteiger partial charge < -0.3 is 24.3 Å². The molecule has 1 aromatic carbocycles. The second-order valence-electron chi connectivity index (χ2n) is 7.14. The Bertz CT molecular complexity index is 775. The molecule has 1 aliphatic heterocycles. The highest BCUT2D eigenvalue weighted by Crippen LogP contribution is 2.28. The van der Waals surface area contributed by atoms with Crippen molar-refractivity contribution in [2.75, 3.05) is 33.9 Å². The molecule has 3 rings (SSSR count). The molecule has 2 atom stereocenters. The third-order valence-electron chi connectivity index (χ3n) is 5.35. The first-order valence-corrected chi connectivity index (χ1v) is 9.87. The number of ether oxygens (including phenoxy) is 2.